The van der Waals surface area contributed by atoms with Gasteiger partial charge in [0, 0.05) is 0 Å². The maximum Gasteiger partial charge on any atom is 0.309 e. The molecule has 1 aliphatic carbocycles. The third-order valence-electron chi connectivity index (χ3n) is 5.64. The lowest BCUT2D eigenvalue weighted by Crippen LogP contribution is -2.24. The van der Waals surface area contributed by atoms with Gasteiger partial charge in [0.25, 0.3) is 0 Å². The van der Waals surface area contributed by atoms with Crippen LogP contribution in [0.1, 0.15) is 25.3 Å². The molecule has 0 unspecified atom stereocenters. The Morgan fingerprint density at radius 2 is 1.88 bits per heavy atom. The van der Waals surface area contributed by atoms with E-state index in [0.29, 0.717) is 6.61 Å². The Balaban J connectivity index is 1.72. The highest BCUT2D eigenvalue weighted by molar-refractivity contribution is 7.92. The maximum absolute atomic E-state index is 13.4. The number of benzene rings is 2. The molecule has 3 atom stereocenters. The highest BCUT2D eigenvalue weighted by Gasteiger charge is 2.45. The summed E-state index contributed by atoms with van der Waals surface area (Å²) in [6.45, 7) is 2.43. The predicted molar refractivity (Wildman–Crippen MR) is 118 cm³/mol. The SMILES string of the molecule is CCOC(=O)[C@@H]1C[C@@H](S(=O)(=O)c2ccc(F)cc2Cl)C[C@H]1COCc1ccc(OC)cc1. The van der Waals surface area contributed by atoms with E-state index in [2.05, 4.69) is 0 Å². The van der Waals surface area contributed by atoms with Crippen LogP contribution in [0, 0.1) is 17.7 Å². The molecule has 6 nitrogen and oxygen atoms in total. The Morgan fingerprint density at radius 1 is 1.16 bits per heavy atom. The van der Waals surface area contributed by atoms with Crippen LogP contribution in [-0.2, 0) is 30.7 Å². The summed E-state index contributed by atoms with van der Waals surface area (Å²) in [6.07, 6.45) is 0.327. The molecule has 3 rings (SSSR count). The van der Waals surface area contributed by atoms with Gasteiger partial charge in [-0.2, -0.15) is 0 Å². The van der Waals surface area contributed by atoms with Crippen molar-refractivity contribution in [2.45, 2.75) is 36.5 Å². The first-order chi connectivity index (χ1) is 15.3. The van der Waals surface area contributed by atoms with Gasteiger partial charge < -0.3 is 14.2 Å². The summed E-state index contributed by atoms with van der Waals surface area (Å²) in [6, 6.07) is 10.6. The van der Waals surface area contributed by atoms with Gasteiger partial charge in [-0.1, -0.05) is 23.7 Å². The molecule has 0 amide bonds. The Bertz CT molecular complexity index is 1040. The van der Waals surface area contributed by atoms with Crippen molar-refractivity contribution in [3.63, 3.8) is 0 Å². The molecule has 2 aromatic rings. The van der Waals surface area contributed by atoms with E-state index in [1.165, 1.54) is 6.07 Å². The van der Waals surface area contributed by atoms with Crippen molar-refractivity contribution >= 4 is 27.4 Å². The van der Waals surface area contributed by atoms with Crippen molar-refractivity contribution in [2.24, 2.45) is 11.8 Å². The van der Waals surface area contributed by atoms with E-state index in [-0.39, 0.29) is 41.9 Å². The molecule has 0 heterocycles. The molecule has 0 N–H and O–H groups in total. The van der Waals surface area contributed by atoms with Gasteiger partial charge in [-0.25, -0.2) is 12.8 Å². The zero-order chi connectivity index (χ0) is 23.3. The molecule has 9 heteroatoms. The van der Waals surface area contributed by atoms with Crippen molar-refractivity contribution < 1.29 is 31.8 Å². The second-order valence-corrected chi connectivity index (χ2v) is 10.3. The van der Waals surface area contributed by atoms with E-state index in [9.17, 15) is 17.6 Å². The van der Waals surface area contributed by atoms with E-state index in [1.807, 2.05) is 24.3 Å². The summed E-state index contributed by atoms with van der Waals surface area (Å²) in [7, 11) is -2.27. The first-order valence-corrected chi connectivity index (χ1v) is 12.2. The number of hydrogen-bond acceptors (Lipinski definition) is 6. The van der Waals surface area contributed by atoms with Crippen LogP contribution in [-0.4, -0.2) is 40.0 Å². The number of rotatable bonds is 9. The van der Waals surface area contributed by atoms with Crippen molar-refractivity contribution in [3.05, 3.63) is 58.9 Å². The number of methoxy groups -OCH3 is 1. The van der Waals surface area contributed by atoms with E-state index in [0.717, 1.165) is 23.4 Å². The van der Waals surface area contributed by atoms with Crippen LogP contribution in [0.3, 0.4) is 0 Å². The summed E-state index contributed by atoms with van der Waals surface area (Å²) >= 11 is 6.01. The van der Waals surface area contributed by atoms with Crippen LogP contribution in [0.4, 0.5) is 4.39 Å². The first-order valence-electron chi connectivity index (χ1n) is 10.3. The fourth-order valence-electron chi connectivity index (χ4n) is 3.98. The summed E-state index contributed by atoms with van der Waals surface area (Å²) in [5, 5.41) is -1.01. The lowest BCUT2D eigenvalue weighted by atomic mass is 9.97. The van der Waals surface area contributed by atoms with Gasteiger partial charge in [-0.15, -0.1) is 0 Å². The quantitative estimate of drug-likeness (QED) is 0.387. The highest BCUT2D eigenvalue weighted by atomic mass is 35.5. The van der Waals surface area contributed by atoms with Crippen LogP contribution in [0.2, 0.25) is 5.02 Å². The van der Waals surface area contributed by atoms with Crippen molar-refractivity contribution in [2.75, 3.05) is 20.3 Å². The molecule has 0 radical (unpaired) electrons. The first kappa shape index (κ1) is 24.5. The topological polar surface area (TPSA) is 78.9 Å². The number of carbonyl (C=O) groups excluding carboxylic acids is 1. The van der Waals surface area contributed by atoms with Gasteiger partial charge in [0.15, 0.2) is 9.84 Å². The number of esters is 1. The van der Waals surface area contributed by atoms with Crippen molar-refractivity contribution in [1.82, 2.24) is 0 Å². The van der Waals surface area contributed by atoms with Crippen molar-refractivity contribution in [3.8, 4) is 5.75 Å². The Kier molecular flexibility index (Phi) is 8.14. The molecule has 32 heavy (non-hydrogen) atoms. The second-order valence-electron chi connectivity index (χ2n) is 7.69. The molecule has 0 aromatic heterocycles. The lowest BCUT2D eigenvalue weighted by molar-refractivity contribution is -0.150. The van der Waals surface area contributed by atoms with E-state index < -0.39 is 32.8 Å². The van der Waals surface area contributed by atoms with Gasteiger partial charge in [0.05, 0.1) is 48.0 Å². The normalized spacial score (nSPS) is 20.8. The summed E-state index contributed by atoms with van der Waals surface area (Å²) < 4.78 is 55.9. The molecule has 1 saturated carbocycles. The zero-order valence-electron chi connectivity index (χ0n) is 17.9. The fourth-order valence-corrected chi connectivity index (χ4v) is 6.38. The monoisotopic (exact) mass is 484 g/mol. The number of ether oxygens (including phenoxy) is 3. The van der Waals surface area contributed by atoms with Crippen LogP contribution in [0.25, 0.3) is 0 Å². The Hall–Kier alpha value is -2.16. The van der Waals surface area contributed by atoms with Gasteiger partial charge in [0.1, 0.15) is 11.6 Å². The minimum Gasteiger partial charge on any atom is -0.497 e. The molecule has 174 valence electrons. The number of carbonyl (C=O) groups is 1. The van der Waals surface area contributed by atoms with Crippen LogP contribution in [0.15, 0.2) is 47.4 Å². The number of sulfone groups is 1. The van der Waals surface area contributed by atoms with E-state index in [4.69, 9.17) is 25.8 Å². The van der Waals surface area contributed by atoms with Crippen LogP contribution < -0.4 is 4.74 Å². The Morgan fingerprint density at radius 3 is 2.50 bits per heavy atom. The van der Waals surface area contributed by atoms with Gasteiger partial charge in [-0.3, -0.25) is 4.79 Å². The van der Waals surface area contributed by atoms with Crippen LogP contribution in [0.5, 0.6) is 5.75 Å². The summed E-state index contributed by atoms with van der Waals surface area (Å²) in [5.74, 6) is -1.25. The average Bonchev–Trinajstić information content (AvgIpc) is 3.19. The minimum atomic E-state index is -3.86. The maximum atomic E-state index is 13.4. The number of halogens is 2. The fraction of sp³-hybridized carbons (Fsp3) is 0.435. The average molecular weight is 485 g/mol. The van der Waals surface area contributed by atoms with Crippen LogP contribution >= 0.6 is 11.6 Å². The molecular weight excluding hydrogens is 459 g/mol. The molecule has 1 aliphatic rings. The van der Waals surface area contributed by atoms with Gasteiger partial charge in [-0.05, 0) is 61.6 Å². The molecule has 1 fully saturated rings. The molecule has 0 bridgehead atoms. The standard InChI is InChI=1S/C23H26ClFO6S/c1-3-31-23(26)20-12-19(32(27,28)22-9-6-17(25)11-21(22)24)10-16(20)14-30-13-15-4-7-18(29-2)8-5-15/h4-9,11,16,19-20H,3,10,12-14H2,1-2H3/t16-,19-,20+/m0/s1. The van der Waals surface area contributed by atoms with E-state index in [1.54, 1.807) is 14.0 Å². The predicted octanol–water partition coefficient (Wildman–Crippen LogP) is 4.44. The smallest absolute Gasteiger partial charge is 0.309 e. The molecule has 0 saturated heterocycles. The molecule has 2 aromatic carbocycles. The Labute approximate surface area is 192 Å². The zero-order valence-corrected chi connectivity index (χ0v) is 19.5. The summed E-state index contributed by atoms with van der Waals surface area (Å²) in [5.41, 5.74) is 0.929. The molecule has 0 spiro atoms. The largest absolute Gasteiger partial charge is 0.497 e. The van der Waals surface area contributed by atoms with Gasteiger partial charge >= 0.3 is 5.97 Å². The second kappa shape index (κ2) is 10.6. The van der Waals surface area contributed by atoms with Gasteiger partial charge in [0.2, 0.25) is 0 Å². The highest BCUT2D eigenvalue weighted by Crippen LogP contribution is 2.40. The van der Waals surface area contributed by atoms with Crippen molar-refractivity contribution in [1.29, 1.82) is 0 Å². The summed E-state index contributed by atoms with van der Waals surface area (Å²) in [4.78, 5) is 12.4. The lowest BCUT2D eigenvalue weighted by Gasteiger charge is -2.18. The minimum absolute atomic E-state index is 0.103. The molecular formula is C23H26ClFO6S. The third kappa shape index (κ3) is 5.60. The molecule has 0 aliphatic heterocycles. The van der Waals surface area contributed by atoms with E-state index >= 15 is 0 Å². The number of hydrogen-bond donors (Lipinski definition) is 0. The third-order valence-corrected chi connectivity index (χ3v) is 8.30.